The highest BCUT2D eigenvalue weighted by molar-refractivity contribution is 5.15. The summed E-state index contributed by atoms with van der Waals surface area (Å²) in [6.07, 6.45) is 17.1. The second kappa shape index (κ2) is 5.26. The molecule has 0 fully saturated rings. The van der Waals surface area contributed by atoms with Crippen molar-refractivity contribution in [3.05, 3.63) is 24.3 Å². The van der Waals surface area contributed by atoms with Gasteiger partial charge in [0.1, 0.15) is 0 Å². The molecule has 0 heteroatoms. The highest BCUT2D eigenvalue weighted by Crippen LogP contribution is 2.32. The fourth-order valence-electron chi connectivity index (χ4n) is 1.91. The summed E-state index contributed by atoms with van der Waals surface area (Å²) >= 11 is 0. The smallest absolute Gasteiger partial charge is 0.0109 e. The predicted molar refractivity (Wildman–Crippen MR) is 59.8 cm³/mol. The molecule has 1 rings (SSSR count). The van der Waals surface area contributed by atoms with Crippen LogP contribution >= 0.6 is 0 Å². The van der Waals surface area contributed by atoms with Gasteiger partial charge in [0.2, 0.25) is 0 Å². The highest BCUT2D eigenvalue weighted by atomic mass is 14.2. The molecular formula is C13H22. The highest BCUT2D eigenvalue weighted by Gasteiger charge is 2.19. The molecule has 1 atom stereocenters. The molecule has 0 aromatic heterocycles. The van der Waals surface area contributed by atoms with Gasteiger partial charge in [0, 0.05) is 0 Å². The monoisotopic (exact) mass is 178 g/mol. The molecule has 1 unspecified atom stereocenters. The third-order valence-corrected chi connectivity index (χ3v) is 2.93. The minimum atomic E-state index is 0.461. The van der Waals surface area contributed by atoms with Crippen molar-refractivity contribution in [1.29, 1.82) is 0 Å². The summed E-state index contributed by atoms with van der Waals surface area (Å²) < 4.78 is 0. The molecule has 0 aromatic carbocycles. The van der Waals surface area contributed by atoms with Crippen LogP contribution in [0.3, 0.4) is 0 Å². The molecule has 13 heavy (non-hydrogen) atoms. The van der Waals surface area contributed by atoms with Crippen molar-refractivity contribution in [2.75, 3.05) is 0 Å². The van der Waals surface area contributed by atoms with Crippen molar-refractivity contribution in [2.24, 2.45) is 5.41 Å². The van der Waals surface area contributed by atoms with Crippen LogP contribution in [0, 0.1) is 5.41 Å². The summed E-state index contributed by atoms with van der Waals surface area (Å²) in [6.45, 7) is 4.64. The first-order valence-electron chi connectivity index (χ1n) is 5.61. The molecule has 0 heterocycles. The first kappa shape index (κ1) is 10.6. The molecule has 0 spiro atoms. The molecule has 0 saturated carbocycles. The van der Waals surface area contributed by atoms with E-state index in [2.05, 4.69) is 38.2 Å². The Kier molecular flexibility index (Phi) is 4.27. The van der Waals surface area contributed by atoms with Gasteiger partial charge in [-0.1, -0.05) is 63.8 Å². The van der Waals surface area contributed by atoms with Crippen molar-refractivity contribution in [3.63, 3.8) is 0 Å². The topological polar surface area (TPSA) is 0 Å². The molecule has 0 nitrogen and oxygen atoms in total. The minimum absolute atomic E-state index is 0.461. The van der Waals surface area contributed by atoms with E-state index in [0.29, 0.717) is 5.41 Å². The lowest BCUT2D eigenvalue weighted by Crippen LogP contribution is -2.13. The lowest BCUT2D eigenvalue weighted by atomic mass is 9.79. The van der Waals surface area contributed by atoms with Gasteiger partial charge in [-0.3, -0.25) is 0 Å². The molecule has 0 amide bonds. The fraction of sp³-hybridized carbons (Fsp3) is 0.692. The Labute approximate surface area is 82.7 Å². The average Bonchev–Trinajstić information content (AvgIpc) is 2.14. The second-order valence-electron chi connectivity index (χ2n) is 4.46. The summed E-state index contributed by atoms with van der Waals surface area (Å²) in [4.78, 5) is 0. The van der Waals surface area contributed by atoms with E-state index in [9.17, 15) is 0 Å². The Morgan fingerprint density at radius 2 is 2.00 bits per heavy atom. The Hall–Kier alpha value is -0.520. The maximum atomic E-state index is 2.37. The van der Waals surface area contributed by atoms with E-state index < -0.39 is 0 Å². The third-order valence-electron chi connectivity index (χ3n) is 2.93. The number of unbranched alkanes of at least 4 members (excludes halogenated alkanes) is 3. The normalized spacial score (nSPS) is 26.6. The zero-order valence-electron chi connectivity index (χ0n) is 9.05. The zero-order chi connectivity index (χ0) is 9.57. The molecule has 0 bridgehead atoms. The van der Waals surface area contributed by atoms with Crippen LogP contribution in [0.25, 0.3) is 0 Å². The third kappa shape index (κ3) is 3.80. The van der Waals surface area contributed by atoms with Gasteiger partial charge >= 0.3 is 0 Å². The van der Waals surface area contributed by atoms with Crippen LogP contribution in [0.1, 0.15) is 52.4 Å². The number of allylic oxidation sites excluding steroid dienone is 4. The predicted octanol–water partition coefficient (Wildman–Crippen LogP) is 4.48. The van der Waals surface area contributed by atoms with Gasteiger partial charge in [0.15, 0.2) is 0 Å². The summed E-state index contributed by atoms with van der Waals surface area (Å²) in [5.41, 5.74) is 0.461. The molecule has 0 saturated heterocycles. The first-order valence-corrected chi connectivity index (χ1v) is 5.61. The Bertz CT molecular complexity index is 188. The van der Waals surface area contributed by atoms with Crippen LogP contribution < -0.4 is 0 Å². The SMILES string of the molecule is CCCCCCC1(C)C=CC=CC1. The van der Waals surface area contributed by atoms with Crippen LogP contribution in [0.2, 0.25) is 0 Å². The second-order valence-corrected chi connectivity index (χ2v) is 4.46. The standard InChI is InChI=1S/C13H22/c1-3-4-5-7-10-13(2)11-8-6-9-12-13/h6,8-9,11H,3-5,7,10,12H2,1-2H3. The summed E-state index contributed by atoms with van der Waals surface area (Å²) in [6, 6.07) is 0. The Morgan fingerprint density at radius 1 is 1.15 bits per heavy atom. The lowest BCUT2D eigenvalue weighted by Gasteiger charge is -2.26. The molecule has 0 N–H and O–H groups in total. The quantitative estimate of drug-likeness (QED) is 0.544. The lowest BCUT2D eigenvalue weighted by molar-refractivity contribution is 0.372. The van der Waals surface area contributed by atoms with Crippen LogP contribution in [-0.2, 0) is 0 Å². The molecule has 0 radical (unpaired) electrons. The van der Waals surface area contributed by atoms with Crippen LogP contribution in [-0.4, -0.2) is 0 Å². The summed E-state index contributed by atoms with van der Waals surface area (Å²) in [5.74, 6) is 0. The van der Waals surface area contributed by atoms with E-state index in [1.165, 1.54) is 38.5 Å². The van der Waals surface area contributed by atoms with Gasteiger partial charge in [0.05, 0.1) is 0 Å². The molecule has 1 aliphatic carbocycles. The number of hydrogen-bond donors (Lipinski definition) is 0. The largest absolute Gasteiger partial charge is 0.0837 e. The maximum absolute atomic E-state index is 2.37. The van der Waals surface area contributed by atoms with E-state index >= 15 is 0 Å². The van der Waals surface area contributed by atoms with E-state index in [1.54, 1.807) is 0 Å². The van der Waals surface area contributed by atoms with E-state index in [1.807, 2.05) is 0 Å². The molecule has 1 aliphatic rings. The van der Waals surface area contributed by atoms with Gasteiger partial charge in [-0.25, -0.2) is 0 Å². The average molecular weight is 178 g/mol. The molecule has 74 valence electrons. The van der Waals surface area contributed by atoms with Crippen molar-refractivity contribution < 1.29 is 0 Å². The van der Waals surface area contributed by atoms with Gasteiger partial charge in [0.25, 0.3) is 0 Å². The van der Waals surface area contributed by atoms with Crippen molar-refractivity contribution in [1.82, 2.24) is 0 Å². The number of hydrogen-bond acceptors (Lipinski definition) is 0. The summed E-state index contributed by atoms with van der Waals surface area (Å²) in [7, 11) is 0. The van der Waals surface area contributed by atoms with E-state index in [-0.39, 0.29) is 0 Å². The summed E-state index contributed by atoms with van der Waals surface area (Å²) in [5, 5.41) is 0. The van der Waals surface area contributed by atoms with Crippen LogP contribution in [0.4, 0.5) is 0 Å². The van der Waals surface area contributed by atoms with Gasteiger partial charge in [-0.15, -0.1) is 0 Å². The fourth-order valence-corrected chi connectivity index (χ4v) is 1.91. The van der Waals surface area contributed by atoms with E-state index in [0.717, 1.165) is 0 Å². The van der Waals surface area contributed by atoms with Crippen LogP contribution in [0.15, 0.2) is 24.3 Å². The van der Waals surface area contributed by atoms with Gasteiger partial charge in [-0.2, -0.15) is 0 Å². The molecule has 0 aliphatic heterocycles. The first-order chi connectivity index (χ1) is 6.27. The van der Waals surface area contributed by atoms with Gasteiger partial charge < -0.3 is 0 Å². The van der Waals surface area contributed by atoms with E-state index in [4.69, 9.17) is 0 Å². The maximum Gasteiger partial charge on any atom is -0.0109 e. The van der Waals surface area contributed by atoms with Crippen molar-refractivity contribution in [2.45, 2.75) is 52.4 Å². The van der Waals surface area contributed by atoms with Gasteiger partial charge in [-0.05, 0) is 18.3 Å². The molecule has 0 aromatic rings. The minimum Gasteiger partial charge on any atom is -0.0837 e. The van der Waals surface area contributed by atoms with Crippen molar-refractivity contribution >= 4 is 0 Å². The van der Waals surface area contributed by atoms with Crippen LogP contribution in [0.5, 0.6) is 0 Å². The Morgan fingerprint density at radius 3 is 2.62 bits per heavy atom. The molecular weight excluding hydrogens is 156 g/mol. The van der Waals surface area contributed by atoms with Crippen molar-refractivity contribution in [3.8, 4) is 0 Å². The zero-order valence-corrected chi connectivity index (χ0v) is 9.05. The Balaban J connectivity index is 2.19. The number of rotatable bonds is 5.